The molecule has 0 bridgehead atoms. The predicted molar refractivity (Wildman–Crippen MR) is 89.4 cm³/mol. The van der Waals surface area contributed by atoms with E-state index in [2.05, 4.69) is 5.32 Å². The zero-order valence-electron chi connectivity index (χ0n) is 15.1. The molecule has 23 heavy (non-hydrogen) atoms. The number of hydrogen-bond donors (Lipinski definition) is 1. The van der Waals surface area contributed by atoms with Gasteiger partial charge in [-0.15, -0.1) is 0 Å². The summed E-state index contributed by atoms with van der Waals surface area (Å²) in [5.41, 5.74) is 0. The first-order valence-corrected chi connectivity index (χ1v) is 8.48. The van der Waals surface area contributed by atoms with Gasteiger partial charge >= 0.3 is 0 Å². The van der Waals surface area contributed by atoms with Gasteiger partial charge in [-0.2, -0.15) is 0 Å². The molecule has 0 aliphatic rings. The summed E-state index contributed by atoms with van der Waals surface area (Å²) < 4.78 is 16.1. The van der Waals surface area contributed by atoms with Crippen molar-refractivity contribution in [1.29, 1.82) is 0 Å². The van der Waals surface area contributed by atoms with Crippen LogP contribution in [-0.4, -0.2) is 57.4 Å². The normalized spacial score (nSPS) is 11.2. The second-order valence-electron chi connectivity index (χ2n) is 6.03. The summed E-state index contributed by atoms with van der Waals surface area (Å²) >= 11 is 0. The molecule has 0 aromatic carbocycles. The number of nitrogens with one attached hydrogen (secondary N) is 1. The van der Waals surface area contributed by atoms with E-state index in [1.165, 1.54) is 0 Å². The van der Waals surface area contributed by atoms with Gasteiger partial charge in [-0.25, -0.2) is 0 Å². The van der Waals surface area contributed by atoms with Crippen LogP contribution in [0.3, 0.4) is 0 Å². The fourth-order valence-corrected chi connectivity index (χ4v) is 1.74. The Bertz CT molecular complexity index is 318. The third-order valence-electron chi connectivity index (χ3n) is 3.02. The molecule has 0 saturated heterocycles. The van der Waals surface area contributed by atoms with Gasteiger partial charge in [-0.05, 0) is 20.3 Å². The minimum atomic E-state index is 0.00488. The van der Waals surface area contributed by atoms with Crippen LogP contribution in [0, 0.1) is 5.92 Å². The second kappa shape index (κ2) is 14.6. The highest BCUT2D eigenvalue weighted by molar-refractivity contribution is 5.80. The number of carbonyl (C=O) groups is 2. The second-order valence-corrected chi connectivity index (χ2v) is 6.03. The van der Waals surface area contributed by atoms with E-state index >= 15 is 0 Å². The summed E-state index contributed by atoms with van der Waals surface area (Å²) in [4.78, 5) is 22.7. The Balaban J connectivity index is 3.19. The molecular formula is C17H33NO5. The summed E-state index contributed by atoms with van der Waals surface area (Å²) in [6, 6.07) is 0.161. The van der Waals surface area contributed by atoms with Gasteiger partial charge in [0.05, 0.1) is 33.0 Å². The zero-order valence-corrected chi connectivity index (χ0v) is 15.1. The molecule has 0 aromatic rings. The van der Waals surface area contributed by atoms with Gasteiger partial charge in [0.2, 0.25) is 5.91 Å². The molecule has 0 heterocycles. The maximum atomic E-state index is 11.4. The Morgan fingerprint density at radius 3 is 1.83 bits per heavy atom. The molecule has 0 spiro atoms. The predicted octanol–water partition coefficient (Wildman–Crippen LogP) is 1.96. The van der Waals surface area contributed by atoms with Gasteiger partial charge in [0.15, 0.2) is 0 Å². The van der Waals surface area contributed by atoms with Crippen molar-refractivity contribution in [1.82, 2.24) is 5.32 Å². The average Bonchev–Trinajstić information content (AvgIpc) is 2.47. The summed E-state index contributed by atoms with van der Waals surface area (Å²) in [7, 11) is 0. The van der Waals surface area contributed by atoms with E-state index < -0.39 is 0 Å². The highest BCUT2D eigenvalue weighted by Gasteiger charge is 2.06. The summed E-state index contributed by atoms with van der Waals surface area (Å²) in [6.07, 6.45) is 1.71. The maximum Gasteiger partial charge on any atom is 0.222 e. The minimum Gasteiger partial charge on any atom is -0.379 e. The van der Waals surface area contributed by atoms with Crippen molar-refractivity contribution in [2.24, 2.45) is 5.92 Å². The van der Waals surface area contributed by atoms with Crippen LogP contribution in [0.15, 0.2) is 0 Å². The first kappa shape index (κ1) is 22.0. The van der Waals surface area contributed by atoms with E-state index in [9.17, 15) is 9.59 Å². The molecule has 0 atom stereocenters. The smallest absolute Gasteiger partial charge is 0.222 e. The zero-order chi connectivity index (χ0) is 17.5. The number of hydrogen-bond acceptors (Lipinski definition) is 5. The SMILES string of the molecule is CC(C)NC(=O)CCOCCOCCOCCCC(=O)C(C)C. The lowest BCUT2D eigenvalue weighted by Gasteiger charge is -2.09. The Hall–Kier alpha value is -0.980. The molecule has 0 aliphatic heterocycles. The van der Waals surface area contributed by atoms with Crippen LogP contribution < -0.4 is 5.32 Å². The Labute approximate surface area is 140 Å². The van der Waals surface area contributed by atoms with Crippen molar-refractivity contribution in [2.75, 3.05) is 39.6 Å². The van der Waals surface area contributed by atoms with Crippen LogP contribution >= 0.6 is 0 Å². The third-order valence-corrected chi connectivity index (χ3v) is 3.02. The molecule has 1 amide bonds. The monoisotopic (exact) mass is 331 g/mol. The highest BCUT2D eigenvalue weighted by atomic mass is 16.5. The van der Waals surface area contributed by atoms with E-state index in [-0.39, 0.29) is 23.7 Å². The molecular weight excluding hydrogens is 298 g/mol. The van der Waals surface area contributed by atoms with Gasteiger partial charge < -0.3 is 19.5 Å². The van der Waals surface area contributed by atoms with E-state index in [0.717, 1.165) is 6.42 Å². The number of ketones is 1. The van der Waals surface area contributed by atoms with Crippen LogP contribution in [0.1, 0.15) is 47.0 Å². The molecule has 136 valence electrons. The molecule has 6 heteroatoms. The summed E-state index contributed by atoms with van der Waals surface area (Å²) in [6.45, 7) is 10.7. The van der Waals surface area contributed by atoms with Crippen LogP contribution in [-0.2, 0) is 23.8 Å². The highest BCUT2D eigenvalue weighted by Crippen LogP contribution is 2.01. The molecule has 0 fully saturated rings. The van der Waals surface area contributed by atoms with Crippen LogP contribution in [0.25, 0.3) is 0 Å². The van der Waals surface area contributed by atoms with E-state index in [0.29, 0.717) is 52.5 Å². The number of carbonyl (C=O) groups excluding carboxylic acids is 2. The molecule has 0 aromatic heterocycles. The standard InChI is InChI=1S/C17H33NO5/c1-14(2)16(19)6-5-8-21-10-12-23-13-11-22-9-7-17(20)18-15(3)4/h14-15H,5-13H2,1-4H3,(H,18,20). The fraction of sp³-hybridized carbons (Fsp3) is 0.882. The third kappa shape index (κ3) is 15.7. The topological polar surface area (TPSA) is 73.9 Å². The minimum absolute atomic E-state index is 0.00488. The molecule has 6 nitrogen and oxygen atoms in total. The van der Waals surface area contributed by atoms with Crippen LogP contribution in [0.5, 0.6) is 0 Å². The molecule has 0 radical (unpaired) electrons. The van der Waals surface area contributed by atoms with Crippen molar-refractivity contribution in [2.45, 2.75) is 53.0 Å². The van der Waals surface area contributed by atoms with Crippen molar-refractivity contribution in [3.8, 4) is 0 Å². The van der Waals surface area contributed by atoms with Crippen molar-refractivity contribution in [3.05, 3.63) is 0 Å². The first-order chi connectivity index (χ1) is 10.9. The Morgan fingerprint density at radius 2 is 1.30 bits per heavy atom. The molecule has 0 unspecified atom stereocenters. The van der Waals surface area contributed by atoms with Gasteiger partial charge in [0.25, 0.3) is 0 Å². The lowest BCUT2D eigenvalue weighted by atomic mass is 10.1. The average molecular weight is 331 g/mol. The molecule has 0 aliphatic carbocycles. The van der Waals surface area contributed by atoms with Crippen molar-refractivity contribution in [3.63, 3.8) is 0 Å². The van der Waals surface area contributed by atoms with Crippen molar-refractivity contribution >= 4 is 11.7 Å². The van der Waals surface area contributed by atoms with E-state index in [1.54, 1.807) is 0 Å². The molecule has 0 rings (SSSR count). The molecule has 0 saturated carbocycles. The van der Waals surface area contributed by atoms with Gasteiger partial charge in [-0.1, -0.05) is 13.8 Å². The largest absolute Gasteiger partial charge is 0.379 e. The van der Waals surface area contributed by atoms with Gasteiger partial charge in [-0.3, -0.25) is 9.59 Å². The number of ether oxygens (including phenoxy) is 3. The van der Waals surface area contributed by atoms with Gasteiger partial charge in [0.1, 0.15) is 5.78 Å². The lowest BCUT2D eigenvalue weighted by molar-refractivity contribution is -0.123. The fourth-order valence-electron chi connectivity index (χ4n) is 1.74. The van der Waals surface area contributed by atoms with E-state index in [1.807, 2.05) is 27.7 Å². The summed E-state index contributed by atoms with van der Waals surface area (Å²) in [5, 5.41) is 2.80. The first-order valence-electron chi connectivity index (χ1n) is 8.48. The number of Topliss-reactive ketones (excluding diaryl/α,β-unsaturated/α-hetero) is 1. The summed E-state index contributed by atoms with van der Waals surface area (Å²) in [5.74, 6) is 0.393. The van der Waals surface area contributed by atoms with Gasteiger partial charge in [0, 0.05) is 31.4 Å². The van der Waals surface area contributed by atoms with Crippen molar-refractivity contribution < 1.29 is 23.8 Å². The maximum absolute atomic E-state index is 11.4. The Morgan fingerprint density at radius 1 is 0.783 bits per heavy atom. The molecule has 1 N–H and O–H groups in total. The van der Waals surface area contributed by atoms with Crippen LogP contribution in [0.2, 0.25) is 0 Å². The quantitative estimate of drug-likeness (QED) is 0.464. The number of amides is 1. The van der Waals surface area contributed by atoms with E-state index in [4.69, 9.17) is 14.2 Å². The van der Waals surface area contributed by atoms with Crippen LogP contribution in [0.4, 0.5) is 0 Å². The lowest BCUT2D eigenvalue weighted by Crippen LogP contribution is -2.30. The number of rotatable bonds is 15. The Kier molecular flexibility index (Phi) is 14.0.